The van der Waals surface area contributed by atoms with E-state index in [2.05, 4.69) is 50.8 Å². The van der Waals surface area contributed by atoms with Gasteiger partial charge in [-0.2, -0.15) is 0 Å². The highest BCUT2D eigenvalue weighted by molar-refractivity contribution is 5.39. The molecule has 3 atom stereocenters. The summed E-state index contributed by atoms with van der Waals surface area (Å²) in [6.07, 6.45) is 12.8. The molecule has 3 rings (SSSR count). The highest BCUT2D eigenvalue weighted by atomic mass is 15.2. The molecule has 3 aliphatic rings. The van der Waals surface area contributed by atoms with Crippen LogP contribution in [-0.4, -0.2) is 24.0 Å². The molecule has 20 heavy (non-hydrogen) atoms. The van der Waals surface area contributed by atoms with Gasteiger partial charge in [-0.1, -0.05) is 51.5 Å². The Kier molecular flexibility index (Phi) is 3.83. The van der Waals surface area contributed by atoms with Crippen LogP contribution in [0.1, 0.15) is 53.4 Å². The molecule has 3 aliphatic carbocycles. The van der Waals surface area contributed by atoms with Gasteiger partial charge in [-0.05, 0) is 43.4 Å². The molecule has 0 amide bonds. The van der Waals surface area contributed by atoms with E-state index < -0.39 is 0 Å². The van der Waals surface area contributed by atoms with Gasteiger partial charge in [0.15, 0.2) is 0 Å². The van der Waals surface area contributed by atoms with Gasteiger partial charge in [0, 0.05) is 24.5 Å². The zero-order valence-electron chi connectivity index (χ0n) is 13.7. The zero-order valence-corrected chi connectivity index (χ0v) is 13.7. The van der Waals surface area contributed by atoms with Crippen LogP contribution in [0, 0.1) is 23.2 Å². The van der Waals surface area contributed by atoms with Crippen LogP contribution in [0.4, 0.5) is 0 Å². The summed E-state index contributed by atoms with van der Waals surface area (Å²) in [6, 6.07) is 0.843. The third-order valence-electron chi connectivity index (χ3n) is 5.46. The van der Waals surface area contributed by atoms with Crippen LogP contribution in [0.15, 0.2) is 23.8 Å². The Morgan fingerprint density at radius 3 is 2.55 bits per heavy atom. The normalized spacial score (nSPS) is 35.2. The maximum atomic E-state index is 2.82. The summed E-state index contributed by atoms with van der Waals surface area (Å²) < 4.78 is 0. The highest BCUT2D eigenvalue weighted by Crippen LogP contribution is 2.66. The van der Waals surface area contributed by atoms with E-state index in [-0.39, 0.29) is 0 Å². The average molecular weight is 273 g/mol. The minimum atomic E-state index is 0.583. The SMILES string of the molecule is CC(C)CN(CC(C)C)C1CC12CCC1CC=CC=C12. The minimum Gasteiger partial charge on any atom is -0.299 e. The highest BCUT2D eigenvalue weighted by Gasteiger charge is 2.62. The molecule has 2 fully saturated rings. The van der Waals surface area contributed by atoms with Gasteiger partial charge < -0.3 is 0 Å². The van der Waals surface area contributed by atoms with Crippen molar-refractivity contribution in [1.29, 1.82) is 0 Å². The lowest BCUT2D eigenvalue weighted by molar-refractivity contribution is 0.189. The summed E-state index contributed by atoms with van der Waals surface area (Å²) in [5.41, 5.74) is 2.39. The molecule has 1 nitrogen and oxygen atoms in total. The van der Waals surface area contributed by atoms with Gasteiger partial charge in [0.2, 0.25) is 0 Å². The molecule has 0 heterocycles. The number of allylic oxidation sites excluding steroid dienone is 3. The van der Waals surface area contributed by atoms with Gasteiger partial charge in [-0.3, -0.25) is 4.90 Å². The van der Waals surface area contributed by atoms with Gasteiger partial charge in [0.25, 0.3) is 0 Å². The van der Waals surface area contributed by atoms with E-state index in [4.69, 9.17) is 0 Å². The lowest BCUT2D eigenvalue weighted by Crippen LogP contribution is -2.36. The van der Waals surface area contributed by atoms with E-state index in [0.717, 1.165) is 23.8 Å². The van der Waals surface area contributed by atoms with Crippen molar-refractivity contribution in [3.05, 3.63) is 23.8 Å². The van der Waals surface area contributed by atoms with Crippen molar-refractivity contribution in [2.45, 2.75) is 59.4 Å². The average Bonchev–Trinajstić information content (AvgIpc) is 2.99. The Morgan fingerprint density at radius 1 is 1.20 bits per heavy atom. The van der Waals surface area contributed by atoms with E-state index >= 15 is 0 Å². The predicted molar refractivity (Wildman–Crippen MR) is 86.7 cm³/mol. The van der Waals surface area contributed by atoms with Gasteiger partial charge in [0.1, 0.15) is 0 Å². The Labute approximate surface area is 125 Å². The van der Waals surface area contributed by atoms with Crippen molar-refractivity contribution in [3.8, 4) is 0 Å². The molecule has 0 aromatic rings. The largest absolute Gasteiger partial charge is 0.299 e. The van der Waals surface area contributed by atoms with Crippen molar-refractivity contribution < 1.29 is 0 Å². The first-order valence-corrected chi connectivity index (χ1v) is 8.64. The maximum absolute atomic E-state index is 2.82. The van der Waals surface area contributed by atoms with Crippen LogP contribution in [-0.2, 0) is 0 Å². The molecule has 2 saturated carbocycles. The minimum absolute atomic E-state index is 0.583. The molecule has 0 aromatic carbocycles. The van der Waals surface area contributed by atoms with Crippen molar-refractivity contribution in [3.63, 3.8) is 0 Å². The molecular formula is C19H31N. The summed E-state index contributed by atoms with van der Waals surface area (Å²) in [5, 5.41) is 0. The second-order valence-corrected chi connectivity index (χ2v) is 8.14. The molecule has 0 bridgehead atoms. The molecule has 0 aliphatic heterocycles. The third-order valence-corrected chi connectivity index (χ3v) is 5.46. The monoisotopic (exact) mass is 273 g/mol. The van der Waals surface area contributed by atoms with Gasteiger partial charge in [-0.25, -0.2) is 0 Å². The standard InChI is InChI=1S/C19H31N/c1-14(2)12-20(13-15(3)4)18-11-19(18)10-9-16-7-5-6-8-17(16)19/h5-6,8,14-16,18H,7,9-13H2,1-4H3. The lowest BCUT2D eigenvalue weighted by atomic mass is 9.88. The first kappa shape index (κ1) is 14.4. The molecule has 112 valence electrons. The van der Waals surface area contributed by atoms with Gasteiger partial charge in [-0.15, -0.1) is 0 Å². The summed E-state index contributed by atoms with van der Waals surface area (Å²) in [5.74, 6) is 2.44. The fourth-order valence-electron chi connectivity index (χ4n) is 4.71. The van der Waals surface area contributed by atoms with Crippen LogP contribution in [0.5, 0.6) is 0 Å². The molecule has 1 heteroatoms. The molecule has 0 radical (unpaired) electrons. The molecule has 0 aromatic heterocycles. The van der Waals surface area contributed by atoms with Crippen molar-refractivity contribution in [2.75, 3.05) is 13.1 Å². The fourth-order valence-corrected chi connectivity index (χ4v) is 4.71. The first-order chi connectivity index (χ1) is 9.53. The van der Waals surface area contributed by atoms with Crippen LogP contribution >= 0.6 is 0 Å². The van der Waals surface area contributed by atoms with Crippen molar-refractivity contribution in [2.24, 2.45) is 23.2 Å². The maximum Gasteiger partial charge on any atom is 0.0199 e. The summed E-state index contributed by atoms with van der Waals surface area (Å²) in [4.78, 5) is 2.82. The fraction of sp³-hybridized carbons (Fsp3) is 0.789. The zero-order chi connectivity index (χ0) is 14.3. The van der Waals surface area contributed by atoms with E-state index in [1.807, 2.05) is 5.57 Å². The van der Waals surface area contributed by atoms with Gasteiger partial charge in [0.05, 0.1) is 0 Å². The van der Waals surface area contributed by atoms with E-state index in [9.17, 15) is 0 Å². The Balaban J connectivity index is 1.75. The van der Waals surface area contributed by atoms with E-state index in [1.165, 1.54) is 38.8 Å². The second-order valence-electron chi connectivity index (χ2n) is 8.14. The number of hydrogen-bond donors (Lipinski definition) is 0. The molecule has 3 unspecified atom stereocenters. The smallest absolute Gasteiger partial charge is 0.0199 e. The summed E-state index contributed by atoms with van der Waals surface area (Å²) in [7, 11) is 0. The second kappa shape index (κ2) is 5.33. The number of rotatable bonds is 5. The Morgan fingerprint density at radius 2 is 1.90 bits per heavy atom. The van der Waals surface area contributed by atoms with Crippen molar-refractivity contribution >= 4 is 0 Å². The molecule has 0 N–H and O–H groups in total. The van der Waals surface area contributed by atoms with E-state index in [0.29, 0.717) is 5.41 Å². The number of hydrogen-bond acceptors (Lipinski definition) is 1. The number of nitrogens with zero attached hydrogens (tertiary/aromatic N) is 1. The van der Waals surface area contributed by atoms with Crippen LogP contribution < -0.4 is 0 Å². The quantitative estimate of drug-likeness (QED) is 0.704. The van der Waals surface area contributed by atoms with E-state index in [1.54, 1.807) is 0 Å². The molecular weight excluding hydrogens is 242 g/mol. The summed E-state index contributed by atoms with van der Waals surface area (Å²) >= 11 is 0. The predicted octanol–water partition coefficient (Wildman–Crippen LogP) is 4.66. The van der Waals surface area contributed by atoms with Crippen LogP contribution in [0.3, 0.4) is 0 Å². The van der Waals surface area contributed by atoms with Crippen LogP contribution in [0.25, 0.3) is 0 Å². The third kappa shape index (κ3) is 2.50. The van der Waals surface area contributed by atoms with Gasteiger partial charge >= 0.3 is 0 Å². The van der Waals surface area contributed by atoms with Crippen LogP contribution in [0.2, 0.25) is 0 Å². The first-order valence-electron chi connectivity index (χ1n) is 8.64. The van der Waals surface area contributed by atoms with Crippen molar-refractivity contribution in [1.82, 2.24) is 4.90 Å². The Hall–Kier alpha value is -0.560. The Bertz CT molecular complexity index is 407. The molecule has 1 spiro atoms. The molecule has 0 saturated heterocycles. The lowest BCUT2D eigenvalue weighted by Gasteiger charge is -2.29. The number of fused-ring (bicyclic) bond motifs is 2. The topological polar surface area (TPSA) is 3.24 Å². The summed E-state index contributed by atoms with van der Waals surface area (Å²) in [6.45, 7) is 12.0.